The molecule has 7 heteroatoms. The van der Waals surface area contributed by atoms with Crippen molar-refractivity contribution in [1.29, 1.82) is 0 Å². The number of ether oxygens (including phenoxy) is 2. The van der Waals surface area contributed by atoms with Crippen molar-refractivity contribution in [3.05, 3.63) is 167 Å². The van der Waals surface area contributed by atoms with Crippen molar-refractivity contribution in [3.8, 4) is 11.1 Å². The summed E-state index contributed by atoms with van der Waals surface area (Å²) in [6.07, 6.45) is -0.0780. The average molecular weight is 656 g/mol. The third-order valence-electron chi connectivity index (χ3n) is 8.81. The van der Waals surface area contributed by atoms with Crippen LogP contribution in [0.1, 0.15) is 59.1 Å². The number of hydrogen-bond acceptors (Lipinski definition) is 5. The van der Waals surface area contributed by atoms with E-state index in [0.717, 1.165) is 53.0 Å². The Bertz CT molecular complexity index is 1710. The lowest BCUT2D eigenvalue weighted by molar-refractivity contribution is -0.253. The number of rotatable bonds is 13. The van der Waals surface area contributed by atoms with Crippen LogP contribution in [0, 0.1) is 0 Å². The summed E-state index contributed by atoms with van der Waals surface area (Å²) in [7, 11) is 0. The number of amides is 2. The van der Waals surface area contributed by atoms with Crippen molar-refractivity contribution in [1.82, 2.24) is 15.5 Å². The standard InChI is InChI=1S/C42H45N3O4/c1-2-43-42(47)44-26-34-14-9-15-38(24-34)35-20-22-37(23-21-35)41-48-39(25-40(49-41)36-18-16-33(30-46)17-19-36)29-45(27-31-10-5-3-6-11-31)28-32-12-7-4-8-13-32/h3-24,39-41,46H,2,25-30H2,1H3,(H2,43,44,47). The van der Waals surface area contributed by atoms with Crippen molar-refractivity contribution in [3.63, 3.8) is 0 Å². The van der Waals surface area contributed by atoms with Crippen molar-refractivity contribution in [2.75, 3.05) is 13.1 Å². The van der Waals surface area contributed by atoms with Crippen molar-refractivity contribution >= 4 is 6.03 Å². The molecule has 7 nitrogen and oxygen atoms in total. The second-order valence-electron chi connectivity index (χ2n) is 12.5. The molecule has 0 saturated carbocycles. The molecule has 1 aliphatic rings. The summed E-state index contributed by atoms with van der Waals surface area (Å²) in [6, 6.07) is 45.6. The highest BCUT2D eigenvalue weighted by atomic mass is 16.7. The number of benzene rings is 5. The Kier molecular flexibility index (Phi) is 11.9. The zero-order valence-corrected chi connectivity index (χ0v) is 28.0. The highest BCUT2D eigenvalue weighted by molar-refractivity contribution is 5.74. The predicted molar refractivity (Wildman–Crippen MR) is 193 cm³/mol. The van der Waals surface area contributed by atoms with Crippen LogP contribution in [0.3, 0.4) is 0 Å². The Morgan fingerprint density at radius 2 is 1.33 bits per heavy atom. The van der Waals surface area contributed by atoms with Crippen LogP contribution in [0.25, 0.3) is 11.1 Å². The summed E-state index contributed by atoms with van der Waals surface area (Å²) in [6.45, 7) is 5.31. The summed E-state index contributed by atoms with van der Waals surface area (Å²) in [5.41, 5.74) is 8.60. The van der Waals surface area contributed by atoms with E-state index in [0.29, 0.717) is 19.5 Å². The van der Waals surface area contributed by atoms with Crippen molar-refractivity contribution in [2.45, 2.75) is 58.1 Å². The lowest BCUT2D eigenvalue weighted by Crippen LogP contribution is -2.39. The number of hydrogen-bond donors (Lipinski definition) is 3. The SMILES string of the molecule is CCNC(=O)NCc1cccc(-c2ccc(C3OC(CN(Cc4ccccc4)Cc4ccccc4)CC(c4ccc(CO)cc4)O3)cc2)c1. The van der Waals surface area contributed by atoms with Gasteiger partial charge in [0.15, 0.2) is 6.29 Å². The van der Waals surface area contributed by atoms with Gasteiger partial charge in [0.2, 0.25) is 0 Å². The molecule has 49 heavy (non-hydrogen) atoms. The van der Waals surface area contributed by atoms with E-state index in [1.165, 1.54) is 11.1 Å². The van der Waals surface area contributed by atoms with Crippen LogP contribution in [0.15, 0.2) is 133 Å². The average Bonchev–Trinajstić information content (AvgIpc) is 3.15. The molecule has 3 atom stereocenters. The largest absolute Gasteiger partial charge is 0.392 e. The number of aliphatic hydroxyl groups excluding tert-OH is 1. The Hall–Kier alpha value is -4.79. The van der Waals surface area contributed by atoms with Crippen molar-refractivity contribution in [2.24, 2.45) is 0 Å². The van der Waals surface area contributed by atoms with E-state index in [-0.39, 0.29) is 24.8 Å². The molecule has 1 saturated heterocycles. The lowest BCUT2D eigenvalue weighted by Gasteiger charge is -2.38. The maximum atomic E-state index is 11.9. The smallest absolute Gasteiger partial charge is 0.315 e. The van der Waals surface area contributed by atoms with Gasteiger partial charge < -0.3 is 25.2 Å². The number of aliphatic hydroxyl groups is 1. The summed E-state index contributed by atoms with van der Waals surface area (Å²) >= 11 is 0. The minimum atomic E-state index is -0.543. The lowest BCUT2D eigenvalue weighted by atomic mass is 9.98. The first kappa shape index (κ1) is 34.1. The van der Waals surface area contributed by atoms with E-state index in [1.54, 1.807) is 0 Å². The fourth-order valence-corrected chi connectivity index (χ4v) is 6.29. The van der Waals surface area contributed by atoms with Gasteiger partial charge in [-0.15, -0.1) is 0 Å². The molecule has 3 N–H and O–H groups in total. The molecule has 0 spiro atoms. The number of nitrogens with zero attached hydrogens (tertiary/aromatic N) is 1. The van der Waals surface area contributed by atoms with Crippen LogP contribution in [-0.4, -0.2) is 35.2 Å². The maximum absolute atomic E-state index is 11.9. The molecule has 0 bridgehead atoms. The molecule has 3 unspecified atom stereocenters. The van der Waals surface area contributed by atoms with E-state index in [1.807, 2.05) is 31.2 Å². The Morgan fingerprint density at radius 1 is 0.694 bits per heavy atom. The second-order valence-corrected chi connectivity index (χ2v) is 12.5. The molecule has 5 aromatic carbocycles. The van der Waals surface area contributed by atoms with Gasteiger partial charge in [-0.05, 0) is 51.9 Å². The van der Waals surface area contributed by atoms with Crippen LogP contribution in [0.2, 0.25) is 0 Å². The fourth-order valence-electron chi connectivity index (χ4n) is 6.29. The molecule has 2 amide bonds. The van der Waals surface area contributed by atoms with E-state index >= 15 is 0 Å². The van der Waals surface area contributed by atoms with Gasteiger partial charge >= 0.3 is 6.03 Å². The Balaban J connectivity index is 1.22. The number of urea groups is 1. The van der Waals surface area contributed by atoms with Crippen LogP contribution in [0.5, 0.6) is 0 Å². The van der Waals surface area contributed by atoms with Gasteiger partial charge in [-0.2, -0.15) is 0 Å². The van der Waals surface area contributed by atoms with Crippen LogP contribution >= 0.6 is 0 Å². The molecule has 5 aromatic rings. The highest BCUT2D eigenvalue weighted by Gasteiger charge is 2.33. The first-order valence-corrected chi connectivity index (χ1v) is 17.1. The van der Waals surface area contributed by atoms with Crippen molar-refractivity contribution < 1.29 is 19.4 Å². The van der Waals surface area contributed by atoms with E-state index in [4.69, 9.17) is 9.47 Å². The van der Waals surface area contributed by atoms with Crippen LogP contribution in [0.4, 0.5) is 4.79 Å². The van der Waals surface area contributed by atoms with Gasteiger partial charge in [0, 0.05) is 44.7 Å². The van der Waals surface area contributed by atoms with Gasteiger partial charge in [0.25, 0.3) is 0 Å². The highest BCUT2D eigenvalue weighted by Crippen LogP contribution is 2.39. The monoisotopic (exact) mass is 655 g/mol. The Morgan fingerprint density at radius 3 is 1.96 bits per heavy atom. The molecule has 1 heterocycles. The van der Waals surface area contributed by atoms with Gasteiger partial charge in [-0.3, -0.25) is 4.90 Å². The minimum Gasteiger partial charge on any atom is -0.392 e. The quantitative estimate of drug-likeness (QED) is 0.120. The number of carbonyl (C=O) groups excluding carboxylic acids is 1. The first-order chi connectivity index (χ1) is 24.1. The van der Waals surface area contributed by atoms with E-state index in [2.05, 4.69) is 125 Å². The molecule has 1 aliphatic heterocycles. The Labute approximate surface area is 289 Å². The third-order valence-corrected chi connectivity index (χ3v) is 8.81. The van der Waals surface area contributed by atoms with Gasteiger partial charge in [-0.1, -0.05) is 127 Å². The molecule has 252 valence electrons. The zero-order chi connectivity index (χ0) is 33.8. The fraction of sp³-hybridized carbons (Fsp3) is 0.262. The van der Waals surface area contributed by atoms with Crippen LogP contribution in [-0.2, 0) is 35.7 Å². The van der Waals surface area contributed by atoms with Crippen LogP contribution < -0.4 is 10.6 Å². The molecular formula is C42H45N3O4. The molecule has 0 radical (unpaired) electrons. The second kappa shape index (κ2) is 17.0. The summed E-state index contributed by atoms with van der Waals surface area (Å²) in [5, 5.41) is 15.3. The summed E-state index contributed by atoms with van der Waals surface area (Å²) in [4.78, 5) is 14.3. The third kappa shape index (κ3) is 9.65. The van der Waals surface area contributed by atoms with Gasteiger partial charge in [0.1, 0.15) is 0 Å². The molecule has 0 aromatic heterocycles. The predicted octanol–water partition coefficient (Wildman–Crippen LogP) is 7.91. The minimum absolute atomic E-state index is 0.00799. The van der Waals surface area contributed by atoms with E-state index in [9.17, 15) is 9.90 Å². The summed E-state index contributed by atoms with van der Waals surface area (Å²) in [5.74, 6) is 0. The van der Waals surface area contributed by atoms with E-state index < -0.39 is 6.29 Å². The van der Waals surface area contributed by atoms with Gasteiger partial charge in [0.05, 0.1) is 18.8 Å². The molecule has 0 aliphatic carbocycles. The van der Waals surface area contributed by atoms with Gasteiger partial charge in [-0.25, -0.2) is 4.79 Å². The summed E-state index contributed by atoms with van der Waals surface area (Å²) < 4.78 is 13.4. The number of carbonyl (C=O) groups is 1. The molecule has 1 fully saturated rings. The maximum Gasteiger partial charge on any atom is 0.315 e. The normalized spacial score (nSPS) is 17.5. The zero-order valence-electron chi connectivity index (χ0n) is 28.0. The first-order valence-electron chi connectivity index (χ1n) is 17.1. The number of nitrogens with one attached hydrogen (secondary N) is 2. The molecular weight excluding hydrogens is 610 g/mol. The molecule has 6 rings (SSSR count). The topological polar surface area (TPSA) is 83.1 Å².